The van der Waals surface area contributed by atoms with Crippen LogP contribution in [0.1, 0.15) is 26.7 Å². The number of para-hydroxylation sites is 1. The Hall–Kier alpha value is -1.56. The molecule has 5 nitrogen and oxygen atoms in total. The normalized spacial score (nSPS) is 19.3. The van der Waals surface area contributed by atoms with Gasteiger partial charge in [0.2, 0.25) is 5.91 Å². The van der Waals surface area contributed by atoms with Gasteiger partial charge in [0.15, 0.2) is 9.84 Å². The van der Waals surface area contributed by atoms with Gasteiger partial charge in [0, 0.05) is 26.1 Å². The van der Waals surface area contributed by atoms with E-state index in [-0.39, 0.29) is 17.7 Å². The van der Waals surface area contributed by atoms with Gasteiger partial charge < -0.3 is 10.2 Å². The second kappa shape index (κ2) is 6.47. The number of benzene rings is 1. The number of piperidine rings is 1. The maximum atomic E-state index is 12.2. The molecule has 0 aromatic heterocycles. The second-order valence-corrected chi connectivity index (χ2v) is 7.60. The van der Waals surface area contributed by atoms with Crippen molar-refractivity contribution in [2.75, 3.05) is 23.7 Å². The van der Waals surface area contributed by atoms with Crippen LogP contribution in [0.2, 0.25) is 0 Å². The molecule has 6 heteroatoms. The van der Waals surface area contributed by atoms with Crippen LogP contribution in [0, 0.1) is 0 Å². The summed E-state index contributed by atoms with van der Waals surface area (Å²) in [5.41, 5.74) is 0.745. The van der Waals surface area contributed by atoms with Gasteiger partial charge in [0.05, 0.1) is 16.3 Å². The number of nitrogens with one attached hydrogen (secondary N) is 1. The average molecular weight is 310 g/mol. The zero-order valence-electron chi connectivity index (χ0n) is 12.5. The van der Waals surface area contributed by atoms with Gasteiger partial charge in [-0.3, -0.25) is 4.79 Å². The molecule has 21 heavy (non-hydrogen) atoms. The van der Waals surface area contributed by atoms with Crippen molar-refractivity contribution in [1.29, 1.82) is 0 Å². The predicted octanol–water partition coefficient (Wildman–Crippen LogP) is 1.59. The van der Waals surface area contributed by atoms with Crippen molar-refractivity contribution >= 4 is 21.4 Å². The number of hydrogen-bond acceptors (Lipinski definition) is 4. The Morgan fingerprint density at radius 3 is 2.76 bits per heavy atom. The van der Waals surface area contributed by atoms with E-state index in [9.17, 15) is 13.2 Å². The predicted molar refractivity (Wildman–Crippen MR) is 83.2 cm³/mol. The molecule has 0 spiro atoms. The first-order chi connectivity index (χ1) is 9.94. The van der Waals surface area contributed by atoms with Crippen molar-refractivity contribution in [3.8, 4) is 0 Å². The lowest BCUT2D eigenvalue weighted by Gasteiger charge is -2.35. The van der Waals surface area contributed by atoms with Crippen molar-refractivity contribution in [3.63, 3.8) is 0 Å². The van der Waals surface area contributed by atoms with Crippen molar-refractivity contribution in [2.45, 2.75) is 37.6 Å². The molecule has 1 amide bonds. The first-order valence-electron chi connectivity index (χ1n) is 7.28. The van der Waals surface area contributed by atoms with Crippen LogP contribution in [-0.4, -0.2) is 39.2 Å². The minimum Gasteiger partial charge on any atom is -0.368 e. The first kappa shape index (κ1) is 15.8. The number of hydrogen-bond donors (Lipinski definition) is 1. The van der Waals surface area contributed by atoms with Crippen LogP contribution in [0.4, 0.5) is 5.69 Å². The van der Waals surface area contributed by atoms with Crippen molar-refractivity contribution in [2.24, 2.45) is 0 Å². The second-order valence-electron chi connectivity index (χ2n) is 5.36. The van der Waals surface area contributed by atoms with Crippen LogP contribution in [0.3, 0.4) is 0 Å². The van der Waals surface area contributed by atoms with Crippen LogP contribution in [0.15, 0.2) is 29.2 Å². The number of carbonyl (C=O) groups excluding carboxylic acids is 1. The summed E-state index contributed by atoms with van der Waals surface area (Å²) in [7, 11) is -3.25. The fourth-order valence-corrected chi connectivity index (χ4v) is 3.85. The highest BCUT2D eigenvalue weighted by atomic mass is 32.2. The number of nitrogens with zero attached hydrogens (tertiary/aromatic N) is 1. The van der Waals surface area contributed by atoms with Crippen LogP contribution in [0.25, 0.3) is 0 Å². The van der Waals surface area contributed by atoms with Crippen molar-refractivity contribution in [3.05, 3.63) is 24.3 Å². The van der Waals surface area contributed by atoms with Gasteiger partial charge in [-0.1, -0.05) is 19.1 Å². The Morgan fingerprint density at radius 2 is 2.10 bits per heavy atom. The van der Waals surface area contributed by atoms with Gasteiger partial charge in [-0.2, -0.15) is 0 Å². The fraction of sp³-hybridized carbons (Fsp3) is 0.533. The molecule has 0 unspecified atom stereocenters. The van der Waals surface area contributed by atoms with Crippen LogP contribution >= 0.6 is 0 Å². The van der Waals surface area contributed by atoms with E-state index in [0.717, 1.165) is 25.1 Å². The maximum Gasteiger partial charge on any atom is 0.217 e. The lowest BCUT2D eigenvalue weighted by molar-refractivity contribution is -0.119. The summed E-state index contributed by atoms with van der Waals surface area (Å²) < 4.78 is 24.5. The van der Waals surface area contributed by atoms with Gasteiger partial charge in [-0.05, 0) is 25.0 Å². The summed E-state index contributed by atoms with van der Waals surface area (Å²) in [4.78, 5) is 13.6. The largest absolute Gasteiger partial charge is 0.368 e. The van der Waals surface area contributed by atoms with Gasteiger partial charge in [0.1, 0.15) is 0 Å². The lowest BCUT2D eigenvalue weighted by Crippen LogP contribution is -2.47. The molecular formula is C15H22N2O3S. The molecule has 1 heterocycles. The van der Waals surface area contributed by atoms with E-state index < -0.39 is 9.84 Å². The molecule has 0 bridgehead atoms. The molecule has 1 fully saturated rings. The summed E-state index contributed by atoms with van der Waals surface area (Å²) in [5.74, 6) is 0.0452. The standard InChI is InChI=1S/C15H22N2O3S/c1-3-21(19,20)15-9-5-4-8-14(15)17-10-6-7-13(11-17)16-12(2)18/h4-5,8-9,13H,3,6-7,10-11H2,1-2H3,(H,16,18)/t13-/m0/s1. The fourth-order valence-electron chi connectivity index (χ4n) is 2.74. The van der Waals surface area contributed by atoms with Crippen LogP contribution in [-0.2, 0) is 14.6 Å². The third kappa shape index (κ3) is 3.75. The molecule has 1 N–H and O–H groups in total. The highest BCUT2D eigenvalue weighted by molar-refractivity contribution is 7.91. The Bertz CT molecular complexity index is 613. The van der Waals surface area contributed by atoms with E-state index in [2.05, 4.69) is 10.2 Å². The number of amides is 1. The number of sulfone groups is 1. The number of carbonyl (C=O) groups is 1. The molecule has 0 radical (unpaired) electrons. The zero-order chi connectivity index (χ0) is 15.5. The monoisotopic (exact) mass is 310 g/mol. The molecule has 1 aromatic carbocycles. The third-order valence-corrected chi connectivity index (χ3v) is 5.53. The van der Waals surface area contributed by atoms with Crippen LogP contribution in [0.5, 0.6) is 0 Å². The molecule has 1 aromatic rings. The molecule has 1 aliphatic heterocycles. The smallest absolute Gasteiger partial charge is 0.217 e. The molecular weight excluding hydrogens is 288 g/mol. The molecule has 1 aliphatic rings. The topological polar surface area (TPSA) is 66.5 Å². The van der Waals surface area contributed by atoms with Crippen LogP contribution < -0.4 is 10.2 Å². The molecule has 1 saturated heterocycles. The Kier molecular flexibility index (Phi) is 4.88. The van der Waals surface area contributed by atoms with E-state index >= 15 is 0 Å². The van der Waals surface area contributed by atoms with Crippen molar-refractivity contribution < 1.29 is 13.2 Å². The summed E-state index contributed by atoms with van der Waals surface area (Å²) in [5, 5.41) is 2.92. The SMILES string of the molecule is CCS(=O)(=O)c1ccccc1N1CCC[C@H](NC(C)=O)C1. The quantitative estimate of drug-likeness (QED) is 0.917. The first-order valence-corrected chi connectivity index (χ1v) is 8.93. The van der Waals surface area contributed by atoms with E-state index in [4.69, 9.17) is 0 Å². The van der Waals surface area contributed by atoms with Crippen molar-refractivity contribution in [1.82, 2.24) is 5.32 Å². The number of anilines is 1. The Morgan fingerprint density at radius 1 is 1.38 bits per heavy atom. The summed E-state index contributed by atoms with van der Waals surface area (Å²) >= 11 is 0. The number of rotatable bonds is 4. The molecule has 116 valence electrons. The van der Waals surface area contributed by atoms with Gasteiger partial charge in [0.25, 0.3) is 0 Å². The molecule has 2 rings (SSSR count). The van der Waals surface area contributed by atoms with Gasteiger partial charge >= 0.3 is 0 Å². The summed E-state index contributed by atoms with van der Waals surface area (Å²) in [6.07, 6.45) is 1.87. The van der Waals surface area contributed by atoms with E-state index in [1.807, 2.05) is 12.1 Å². The van der Waals surface area contributed by atoms with E-state index in [0.29, 0.717) is 11.4 Å². The molecule has 1 atom stereocenters. The summed E-state index contributed by atoms with van der Waals surface area (Å²) in [6.45, 7) is 4.62. The lowest BCUT2D eigenvalue weighted by atomic mass is 10.0. The van der Waals surface area contributed by atoms with Gasteiger partial charge in [-0.25, -0.2) is 8.42 Å². The Balaban J connectivity index is 2.28. The third-order valence-electron chi connectivity index (χ3n) is 3.75. The minimum absolute atomic E-state index is 0.0451. The van der Waals surface area contributed by atoms with E-state index in [1.165, 1.54) is 6.92 Å². The minimum atomic E-state index is -3.25. The summed E-state index contributed by atoms with van der Waals surface area (Å²) in [6, 6.07) is 7.19. The van der Waals surface area contributed by atoms with E-state index in [1.54, 1.807) is 19.1 Å². The molecule has 0 saturated carbocycles. The highest BCUT2D eigenvalue weighted by Gasteiger charge is 2.25. The maximum absolute atomic E-state index is 12.2. The average Bonchev–Trinajstić information content (AvgIpc) is 2.47. The zero-order valence-corrected chi connectivity index (χ0v) is 13.3. The molecule has 0 aliphatic carbocycles. The highest BCUT2D eigenvalue weighted by Crippen LogP contribution is 2.28. The van der Waals surface area contributed by atoms with Gasteiger partial charge in [-0.15, -0.1) is 0 Å². The Labute approximate surface area is 126 Å².